The van der Waals surface area contributed by atoms with Gasteiger partial charge in [0.25, 0.3) is 0 Å². The van der Waals surface area contributed by atoms with Crippen molar-refractivity contribution in [1.29, 1.82) is 0 Å². The Morgan fingerprint density at radius 2 is 0.738 bits per heavy atom. The molecule has 0 unspecified atom stereocenters. The van der Waals surface area contributed by atoms with Gasteiger partial charge < -0.3 is 14.0 Å². The Labute approximate surface area is 354 Å². The average Bonchev–Trinajstić information content (AvgIpc) is 3.85. The van der Waals surface area contributed by atoms with Crippen LogP contribution in [0, 0.1) is 0 Å². The van der Waals surface area contributed by atoms with Crippen molar-refractivity contribution in [3.05, 3.63) is 237 Å². The van der Waals surface area contributed by atoms with Crippen LogP contribution in [0.4, 0.5) is 17.1 Å². The number of aromatic nitrogens is 2. The Bertz CT molecular complexity index is 3560. The molecule has 0 atom stereocenters. The molecule has 0 spiro atoms. The smallest absolute Gasteiger partial charge is 0.0547 e. The molecule has 0 N–H and O–H groups in total. The number of rotatable bonds is 7. The number of hydrogen-bond donors (Lipinski definition) is 0. The lowest BCUT2D eigenvalue weighted by Crippen LogP contribution is -2.10. The summed E-state index contributed by atoms with van der Waals surface area (Å²) in [5.74, 6) is 0. The van der Waals surface area contributed by atoms with Crippen molar-refractivity contribution >= 4 is 71.4 Å². The monoisotopic (exact) mass is 777 g/mol. The van der Waals surface area contributed by atoms with Gasteiger partial charge in [-0.25, -0.2) is 0 Å². The molecule has 3 heteroatoms. The minimum absolute atomic E-state index is 1.10. The second kappa shape index (κ2) is 14.3. The summed E-state index contributed by atoms with van der Waals surface area (Å²) in [7, 11) is 0. The van der Waals surface area contributed by atoms with Crippen molar-refractivity contribution in [1.82, 2.24) is 9.13 Å². The van der Waals surface area contributed by atoms with E-state index in [0.717, 1.165) is 22.7 Å². The molecule has 2 aromatic heterocycles. The predicted molar refractivity (Wildman–Crippen MR) is 258 cm³/mol. The Hall–Kier alpha value is -8.14. The van der Waals surface area contributed by atoms with Crippen LogP contribution in [0.15, 0.2) is 237 Å². The molecule has 0 bridgehead atoms. The second-order valence-corrected chi connectivity index (χ2v) is 15.7. The highest BCUT2D eigenvalue weighted by molar-refractivity contribution is 6.13. The van der Waals surface area contributed by atoms with E-state index in [1.165, 1.54) is 82.3 Å². The van der Waals surface area contributed by atoms with Crippen LogP contribution in [0.3, 0.4) is 0 Å². The number of anilines is 3. The van der Waals surface area contributed by atoms with Crippen molar-refractivity contribution in [2.24, 2.45) is 0 Å². The SMILES string of the molecule is c1ccc(N(c2ccc(-c3ccc4c5ccccc5n(-c5ccccc5)c4c3)cc2)c2ccc(-c3ccc4c(c3)c3ccccc3n4-c3ccccc3)c3ccccc23)cc1. The molecular formula is C58H39N3. The molecule has 0 aliphatic rings. The van der Waals surface area contributed by atoms with Crippen molar-refractivity contribution in [2.75, 3.05) is 4.90 Å². The van der Waals surface area contributed by atoms with Gasteiger partial charge in [0.2, 0.25) is 0 Å². The van der Waals surface area contributed by atoms with Gasteiger partial charge in [0.1, 0.15) is 0 Å². The van der Waals surface area contributed by atoms with Crippen molar-refractivity contribution < 1.29 is 0 Å². The summed E-state index contributed by atoms with van der Waals surface area (Å²) in [5.41, 5.74) is 15.3. The van der Waals surface area contributed by atoms with Crippen molar-refractivity contribution in [3.8, 4) is 33.6 Å². The van der Waals surface area contributed by atoms with Gasteiger partial charge in [-0.3, -0.25) is 0 Å². The molecule has 0 amide bonds. The van der Waals surface area contributed by atoms with E-state index < -0.39 is 0 Å². The third-order valence-corrected chi connectivity index (χ3v) is 12.3. The van der Waals surface area contributed by atoms with E-state index >= 15 is 0 Å². The summed E-state index contributed by atoms with van der Waals surface area (Å²) in [5, 5.41) is 7.42. The molecule has 12 aromatic rings. The van der Waals surface area contributed by atoms with Crippen molar-refractivity contribution in [2.45, 2.75) is 0 Å². The number of nitrogens with zero attached hydrogens (tertiary/aromatic N) is 3. The molecule has 0 saturated carbocycles. The molecular weight excluding hydrogens is 739 g/mol. The van der Waals surface area contributed by atoms with Crippen LogP contribution in [-0.2, 0) is 0 Å². The quantitative estimate of drug-likeness (QED) is 0.157. The van der Waals surface area contributed by atoms with Gasteiger partial charge in [-0.2, -0.15) is 0 Å². The summed E-state index contributed by atoms with van der Waals surface area (Å²) in [6, 6.07) is 85.8. The van der Waals surface area contributed by atoms with Crippen LogP contribution < -0.4 is 4.90 Å². The van der Waals surface area contributed by atoms with E-state index in [9.17, 15) is 0 Å². The Kier molecular flexibility index (Phi) is 8.17. The summed E-state index contributed by atoms with van der Waals surface area (Å²) in [4.78, 5) is 2.39. The first-order valence-corrected chi connectivity index (χ1v) is 20.9. The van der Waals surface area contributed by atoms with E-state index in [4.69, 9.17) is 0 Å². The first-order chi connectivity index (χ1) is 30.3. The summed E-state index contributed by atoms with van der Waals surface area (Å²) in [6.45, 7) is 0. The first-order valence-electron chi connectivity index (χ1n) is 20.9. The topological polar surface area (TPSA) is 13.1 Å². The summed E-state index contributed by atoms with van der Waals surface area (Å²) in [6.07, 6.45) is 0. The maximum absolute atomic E-state index is 2.39. The van der Waals surface area contributed by atoms with E-state index in [2.05, 4.69) is 251 Å². The second-order valence-electron chi connectivity index (χ2n) is 15.7. The average molecular weight is 778 g/mol. The van der Waals surface area contributed by atoms with E-state index in [0.29, 0.717) is 0 Å². The van der Waals surface area contributed by atoms with Gasteiger partial charge in [0.15, 0.2) is 0 Å². The minimum Gasteiger partial charge on any atom is -0.310 e. The molecule has 0 aliphatic heterocycles. The number of hydrogen-bond acceptors (Lipinski definition) is 1. The number of para-hydroxylation sites is 5. The molecule has 286 valence electrons. The standard InChI is InChI=1S/C58H39N3/c1-4-16-43(17-5-1)59(46-32-28-40(29-33-46)41-30-34-52-50-24-12-14-26-54(50)61(58(52)39-41)45-20-8-3-9-21-45)56-37-35-47(48-22-10-11-23-49(48)56)42-31-36-57-53(38-42)51-25-13-15-27-55(51)60(57)44-18-6-2-7-19-44/h1-39H. The van der Waals surface area contributed by atoms with E-state index in [1.807, 2.05) is 0 Å². The van der Waals surface area contributed by atoms with E-state index in [1.54, 1.807) is 0 Å². The van der Waals surface area contributed by atoms with Gasteiger partial charge in [-0.15, -0.1) is 0 Å². The van der Waals surface area contributed by atoms with Crippen LogP contribution in [0.25, 0.3) is 88.0 Å². The van der Waals surface area contributed by atoms with Gasteiger partial charge >= 0.3 is 0 Å². The van der Waals surface area contributed by atoms with Crippen molar-refractivity contribution in [3.63, 3.8) is 0 Å². The molecule has 12 rings (SSSR count). The van der Waals surface area contributed by atoms with Gasteiger partial charge in [-0.1, -0.05) is 152 Å². The van der Waals surface area contributed by atoms with Crippen LogP contribution in [-0.4, -0.2) is 9.13 Å². The fraction of sp³-hybridized carbons (Fsp3) is 0. The summed E-state index contributed by atoms with van der Waals surface area (Å²) < 4.78 is 4.76. The number of fused-ring (bicyclic) bond motifs is 7. The molecule has 0 radical (unpaired) electrons. The maximum atomic E-state index is 2.39. The minimum atomic E-state index is 1.10. The largest absolute Gasteiger partial charge is 0.310 e. The first kappa shape index (κ1) is 34.9. The lowest BCUT2D eigenvalue weighted by atomic mass is 9.95. The third kappa shape index (κ3) is 5.74. The van der Waals surface area contributed by atoms with Crippen LogP contribution in [0.2, 0.25) is 0 Å². The molecule has 10 aromatic carbocycles. The molecule has 2 heterocycles. The predicted octanol–water partition coefficient (Wildman–Crippen LogP) is 15.8. The summed E-state index contributed by atoms with van der Waals surface area (Å²) >= 11 is 0. The Morgan fingerprint density at radius 3 is 1.41 bits per heavy atom. The van der Waals surface area contributed by atoms with E-state index in [-0.39, 0.29) is 0 Å². The Balaban J connectivity index is 0.968. The highest BCUT2D eigenvalue weighted by Crippen LogP contribution is 2.44. The maximum Gasteiger partial charge on any atom is 0.0547 e. The highest BCUT2D eigenvalue weighted by Gasteiger charge is 2.20. The van der Waals surface area contributed by atoms with Gasteiger partial charge in [-0.05, 0) is 113 Å². The molecule has 3 nitrogen and oxygen atoms in total. The zero-order valence-corrected chi connectivity index (χ0v) is 33.4. The molecule has 0 saturated heterocycles. The fourth-order valence-electron chi connectivity index (χ4n) is 9.54. The highest BCUT2D eigenvalue weighted by atomic mass is 15.1. The van der Waals surface area contributed by atoms with Gasteiger partial charge in [0, 0.05) is 49.7 Å². The Morgan fingerprint density at radius 1 is 0.262 bits per heavy atom. The molecule has 0 aliphatic carbocycles. The van der Waals surface area contributed by atoms with Crippen LogP contribution in [0.1, 0.15) is 0 Å². The normalized spacial score (nSPS) is 11.6. The zero-order chi connectivity index (χ0) is 40.3. The van der Waals surface area contributed by atoms with Crippen LogP contribution >= 0.6 is 0 Å². The van der Waals surface area contributed by atoms with Crippen LogP contribution in [0.5, 0.6) is 0 Å². The lowest BCUT2D eigenvalue weighted by molar-refractivity contribution is 1.18. The van der Waals surface area contributed by atoms with Gasteiger partial charge in [0.05, 0.1) is 27.8 Å². The molecule has 61 heavy (non-hydrogen) atoms. The molecule has 0 fully saturated rings. The third-order valence-electron chi connectivity index (χ3n) is 12.3. The zero-order valence-electron chi connectivity index (χ0n) is 33.4. The fourth-order valence-corrected chi connectivity index (χ4v) is 9.54. The lowest BCUT2D eigenvalue weighted by Gasteiger charge is -2.27. The number of benzene rings is 10.